The lowest BCUT2D eigenvalue weighted by Crippen LogP contribution is -2.05. The molecule has 75 valence electrons. The maximum atomic E-state index is 10.5. The summed E-state index contributed by atoms with van der Waals surface area (Å²) in [7, 11) is 0. The molecular weight excluding hydrogens is 182 g/mol. The van der Waals surface area contributed by atoms with Crippen LogP contribution in [0.4, 0.5) is 5.69 Å². The predicted octanol–water partition coefficient (Wildman–Crippen LogP) is 2.56. The van der Waals surface area contributed by atoms with Crippen LogP contribution in [-0.2, 0) is 0 Å². The van der Waals surface area contributed by atoms with Crippen LogP contribution in [0.2, 0.25) is 0 Å². The van der Waals surface area contributed by atoms with Gasteiger partial charge < -0.3 is 4.74 Å². The summed E-state index contributed by atoms with van der Waals surface area (Å²) < 4.78 is 5.34. The van der Waals surface area contributed by atoms with Crippen LogP contribution in [0.15, 0.2) is 18.2 Å². The van der Waals surface area contributed by atoms with Crippen LogP contribution in [0.5, 0.6) is 5.75 Å². The van der Waals surface area contributed by atoms with Crippen LogP contribution in [0.1, 0.15) is 19.4 Å². The largest absolute Gasteiger partial charge is 0.491 e. The van der Waals surface area contributed by atoms with Crippen LogP contribution in [0.25, 0.3) is 0 Å². The first kappa shape index (κ1) is 10.5. The van der Waals surface area contributed by atoms with Gasteiger partial charge in [0.05, 0.1) is 17.1 Å². The van der Waals surface area contributed by atoms with E-state index in [9.17, 15) is 10.1 Å². The molecule has 0 aromatic heterocycles. The molecule has 1 aromatic rings. The fourth-order valence-corrected chi connectivity index (χ4v) is 1.09. The number of non-ortho nitro benzene ring substituents is 1. The quantitative estimate of drug-likeness (QED) is 0.548. The Kier molecular flexibility index (Phi) is 3.06. The number of hydrogen-bond acceptors (Lipinski definition) is 3. The summed E-state index contributed by atoms with van der Waals surface area (Å²) in [5.41, 5.74) is 0.586. The molecule has 0 heterocycles. The molecule has 0 saturated heterocycles. The summed E-state index contributed by atoms with van der Waals surface area (Å²) in [4.78, 5) is 10.1. The smallest absolute Gasteiger partial charge is 0.273 e. The van der Waals surface area contributed by atoms with Gasteiger partial charge in [-0.25, -0.2) is 0 Å². The SMILES string of the molecule is [CH2]c1cc(OC(C)C)cc([N+](=O)[O-])c1. The lowest BCUT2D eigenvalue weighted by Gasteiger charge is -2.09. The van der Waals surface area contributed by atoms with Crippen molar-refractivity contribution < 1.29 is 9.66 Å². The Balaban J connectivity index is 3.01. The Morgan fingerprint density at radius 3 is 2.57 bits per heavy atom. The van der Waals surface area contributed by atoms with Gasteiger partial charge in [0.1, 0.15) is 5.75 Å². The Morgan fingerprint density at radius 2 is 2.07 bits per heavy atom. The van der Waals surface area contributed by atoms with E-state index in [0.717, 1.165) is 0 Å². The molecule has 1 radical (unpaired) electrons. The van der Waals surface area contributed by atoms with Crippen molar-refractivity contribution >= 4 is 5.69 Å². The standard InChI is InChI=1S/C10H12NO3/c1-7(2)14-10-5-8(3)4-9(6-10)11(12)13/h4-7H,3H2,1-2H3. The molecule has 0 saturated carbocycles. The molecule has 4 heteroatoms. The lowest BCUT2D eigenvalue weighted by atomic mass is 10.2. The fourth-order valence-electron chi connectivity index (χ4n) is 1.09. The number of hydrogen-bond donors (Lipinski definition) is 0. The van der Waals surface area contributed by atoms with Gasteiger partial charge in [-0.3, -0.25) is 10.1 Å². The molecule has 0 aliphatic rings. The second kappa shape index (κ2) is 4.09. The molecule has 4 nitrogen and oxygen atoms in total. The van der Waals surface area contributed by atoms with Gasteiger partial charge in [0.25, 0.3) is 5.69 Å². The Morgan fingerprint density at radius 1 is 1.43 bits per heavy atom. The van der Waals surface area contributed by atoms with E-state index in [1.807, 2.05) is 13.8 Å². The highest BCUT2D eigenvalue weighted by Crippen LogP contribution is 2.22. The first-order valence-electron chi connectivity index (χ1n) is 4.27. The summed E-state index contributed by atoms with van der Waals surface area (Å²) in [5, 5.41) is 10.5. The highest BCUT2D eigenvalue weighted by molar-refractivity contribution is 5.43. The van der Waals surface area contributed by atoms with E-state index in [0.29, 0.717) is 11.3 Å². The summed E-state index contributed by atoms with van der Waals surface area (Å²) in [6, 6.07) is 4.48. The maximum Gasteiger partial charge on any atom is 0.273 e. The summed E-state index contributed by atoms with van der Waals surface area (Å²) in [6.07, 6.45) is -0.00333. The Labute approximate surface area is 82.7 Å². The zero-order valence-corrected chi connectivity index (χ0v) is 8.19. The van der Waals surface area contributed by atoms with Gasteiger partial charge in [0.2, 0.25) is 0 Å². The highest BCUT2D eigenvalue weighted by Gasteiger charge is 2.09. The van der Waals surface area contributed by atoms with Gasteiger partial charge in [-0.05, 0) is 32.4 Å². The molecule has 0 atom stereocenters. The van der Waals surface area contributed by atoms with Crippen LogP contribution in [-0.4, -0.2) is 11.0 Å². The van der Waals surface area contributed by atoms with Crippen LogP contribution < -0.4 is 4.74 Å². The normalized spacial score (nSPS) is 10.3. The van der Waals surface area contributed by atoms with Crippen LogP contribution >= 0.6 is 0 Å². The first-order chi connectivity index (χ1) is 6.49. The number of benzene rings is 1. The van der Waals surface area contributed by atoms with Crippen molar-refractivity contribution in [1.29, 1.82) is 0 Å². The topological polar surface area (TPSA) is 52.4 Å². The van der Waals surface area contributed by atoms with Crippen molar-refractivity contribution in [3.8, 4) is 5.75 Å². The molecule has 1 aromatic carbocycles. The van der Waals surface area contributed by atoms with Gasteiger partial charge in [0, 0.05) is 6.07 Å². The van der Waals surface area contributed by atoms with Crippen molar-refractivity contribution in [1.82, 2.24) is 0 Å². The van der Waals surface area contributed by atoms with Crippen molar-refractivity contribution in [2.45, 2.75) is 20.0 Å². The molecule has 0 aliphatic carbocycles. The van der Waals surface area contributed by atoms with E-state index in [1.54, 1.807) is 6.07 Å². The van der Waals surface area contributed by atoms with E-state index in [2.05, 4.69) is 6.92 Å². The summed E-state index contributed by atoms with van der Waals surface area (Å²) in [6.45, 7) is 7.37. The Bertz CT molecular complexity index is 347. The second-order valence-electron chi connectivity index (χ2n) is 3.26. The van der Waals surface area contributed by atoms with Crippen LogP contribution in [0.3, 0.4) is 0 Å². The van der Waals surface area contributed by atoms with E-state index in [4.69, 9.17) is 4.74 Å². The fraction of sp³-hybridized carbons (Fsp3) is 0.300. The van der Waals surface area contributed by atoms with Gasteiger partial charge in [-0.1, -0.05) is 0 Å². The van der Waals surface area contributed by atoms with Crippen molar-refractivity contribution in [2.24, 2.45) is 0 Å². The number of rotatable bonds is 3. The third kappa shape index (κ3) is 2.73. The third-order valence-electron chi connectivity index (χ3n) is 1.53. The molecule has 0 bridgehead atoms. The van der Waals surface area contributed by atoms with Crippen LogP contribution in [0, 0.1) is 17.0 Å². The predicted molar refractivity (Wildman–Crippen MR) is 53.3 cm³/mol. The molecule has 0 aliphatic heterocycles. The minimum atomic E-state index is -0.456. The monoisotopic (exact) mass is 194 g/mol. The minimum Gasteiger partial charge on any atom is -0.491 e. The molecular formula is C10H12NO3. The summed E-state index contributed by atoms with van der Waals surface area (Å²) in [5.74, 6) is 0.485. The number of nitrogens with zero attached hydrogens (tertiary/aromatic N) is 1. The second-order valence-corrected chi connectivity index (χ2v) is 3.26. The van der Waals surface area contributed by atoms with Gasteiger partial charge >= 0.3 is 0 Å². The van der Waals surface area contributed by atoms with E-state index < -0.39 is 4.92 Å². The molecule has 0 N–H and O–H groups in total. The molecule has 0 spiro atoms. The third-order valence-corrected chi connectivity index (χ3v) is 1.53. The first-order valence-corrected chi connectivity index (χ1v) is 4.27. The van der Waals surface area contributed by atoms with Crippen molar-refractivity contribution in [2.75, 3.05) is 0 Å². The molecule has 0 fully saturated rings. The molecule has 14 heavy (non-hydrogen) atoms. The van der Waals surface area contributed by atoms with Gasteiger partial charge in [-0.15, -0.1) is 0 Å². The average molecular weight is 194 g/mol. The minimum absolute atomic E-state index is 0.00333. The number of nitro groups is 1. The zero-order chi connectivity index (χ0) is 10.7. The van der Waals surface area contributed by atoms with Gasteiger partial charge in [-0.2, -0.15) is 0 Å². The van der Waals surface area contributed by atoms with E-state index in [1.165, 1.54) is 12.1 Å². The van der Waals surface area contributed by atoms with E-state index in [-0.39, 0.29) is 11.8 Å². The molecule has 0 amide bonds. The van der Waals surface area contributed by atoms with Crippen molar-refractivity contribution in [3.63, 3.8) is 0 Å². The molecule has 0 unspecified atom stereocenters. The summed E-state index contributed by atoms with van der Waals surface area (Å²) >= 11 is 0. The van der Waals surface area contributed by atoms with E-state index >= 15 is 0 Å². The zero-order valence-electron chi connectivity index (χ0n) is 8.19. The van der Waals surface area contributed by atoms with Gasteiger partial charge in [0.15, 0.2) is 0 Å². The molecule has 1 rings (SSSR count). The average Bonchev–Trinajstić information content (AvgIpc) is 2.01. The number of nitro benzene ring substituents is 1. The van der Waals surface area contributed by atoms with Crippen molar-refractivity contribution in [3.05, 3.63) is 40.8 Å². The Hall–Kier alpha value is -1.58. The lowest BCUT2D eigenvalue weighted by molar-refractivity contribution is -0.385. The highest BCUT2D eigenvalue weighted by atomic mass is 16.6. The maximum absolute atomic E-state index is 10.5. The number of ether oxygens (including phenoxy) is 1.